The van der Waals surface area contributed by atoms with Crippen molar-refractivity contribution in [2.75, 3.05) is 25.5 Å². The van der Waals surface area contributed by atoms with Gasteiger partial charge in [0, 0.05) is 42.8 Å². The number of likely N-dealkylation sites (tertiary alicyclic amines) is 1. The van der Waals surface area contributed by atoms with Crippen LogP contribution in [0, 0.1) is 0 Å². The predicted molar refractivity (Wildman–Crippen MR) is 106 cm³/mol. The number of benzene rings is 1. The molecule has 5 heteroatoms. The lowest BCUT2D eigenvalue weighted by Gasteiger charge is -2.33. The van der Waals surface area contributed by atoms with E-state index in [-0.39, 0.29) is 5.43 Å². The number of aromatic nitrogens is 1. The number of aromatic amines is 1. The van der Waals surface area contributed by atoms with Gasteiger partial charge in [-0.25, -0.2) is 0 Å². The number of anilines is 1. The van der Waals surface area contributed by atoms with E-state index in [0.717, 1.165) is 31.7 Å². The van der Waals surface area contributed by atoms with Gasteiger partial charge >= 0.3 is 0 Å². The Hall–Kier alpha value is -2.27. The van der Waals surface area contributed by atoms with Gasteiger partial charge in [-0.2, -0.15) is 0 Å². The van der Waals surface area contributed by atoms with Gasteiger partial charge in [0.1, 0.15) is 0 Å². The monoisotopic (exact) mass is 355 g/mol. The molecule has 1 aliphatic heterocycles. The van der Waals surface area contributed by atoms with Gasteiger partial charge in [0.25, 0.3) is 0 Å². The van der Waals surface area contributed by atoms with Crippen LogP contribution < -0.4 is 15.5 Å². The van der Waals surface area contributed by atoms with Gasteiger partial charge in [0.05, 0.1) is 7.11 Å². The Morgan fingerprint density at radius 2 is 2.08 bits per heavy atom. The van der Waals surface area contributed by atoms with E-state index < -0.39 is 0 Å². The van der Waals surface area contributed by atoms with Crippen LogP contribution in [0.3, 0.4) is 0 Å². The summed E-state index contributed by atoms with van der Waals surface area (Å²) in [7, 11) is 1.51. The van der Waals surface area contributed by atoms with Crippen LogP contribution in [-0.4, -0.2) is 36.1 Å². The van der Waals surface area contributed by atoms with E-state index in [4.69, 9.17) is 4.74 Å². The first-order valence-electron chi connectivity index (χ1n) is 9.39. The Kier molecular flexibility index (Phi) is 5.99. The fourth-order valence-electron chi connectivity index (χ4n) is 3.51. The summed E-state index contributed by atoms with van der Waals surface area (Å²) in [6.07, 6.45) is 3.97. The van der Waals surface area contributed by atoms with E-state index >= 15 is 0 Å². The highest BCUT2D eigenvalue weighted by atomic mass is 16.5. The molecule has 1 saturated heterocycles. The number of nitrogens with one attached hydrogen (secondary N) is 2. The summed E-state index contributed by atoms with van der Waals surface area (Å²) < 4.78 is 5.03. The number of hydrogen-bond donors (Lipinski definition) is 2. The van der Waals surface area contributed by atoms with Gasteiger partial charge in [0.2, 0.25) is 5.43 Å². The fraction of sp³-hybridized carbons (Fsp3) is 0.476. The molecule has 1 aromatic heterocycles. The lowest BCUT2D eigenvalue weighted by Crippen LogP contribution is -2.41. The molecule has 0 bridgehead atoms. The molecule has 140 valence electrons. The van der Waals surface area contributed by atoms with Crippen molar-refractivity contribution in [3.05, 3.63) is 58.0 Å². The average molecular weight is 355 g/mol. The maximum absolute atomic E-state index is 11.9. The molecule has 0 unspecified atom stereocenters. The highest BCUT2D eigenvalue weighted by molar-refractivity contribution is 5.46. The highest BCUT2D eigenvalue weighted by Gasteiger charge is 2.20. The quantitative estimate of drug-likeness (QED) is 0.831. The van der Waals surface area contributed by atoms with Crippen molar-refractivity contribution < 1.29 is 4.74 Å². The summed E-state index contributed by atoms with van der Waals surface area (Å²) >= 11 is 0. The zero-order chi connectivity index (χ0) is 18.5. The number of pyridine rings is 1. The van der Waals surface area contributed by atoms with Crippen LogP contribution in [0.1, 0.15) is 43.9 Å². The van der Waals surface area contributed by atoms with Gasteiger partial charge < -0.3 is 15.0 Å². The maximum atomic E-state index is 11.9. The van der Waals surface area contributed by atoms with Crippen molar-refractivity contribution in [1.29, 1.82) is 0 Å². The molecule has 2 heterocycles. The maximum Gasteiger partial charge on any atom is 0.223 e. The molecule has 0 aliphatic carbocycles. The Morgan fingerprint density at radius 1 is 1.31 bits per heavy atom. The number of piperidine rings is 1. The van der Waals surface area contributed by atoms with E-state index in [1.165, 1.54) is 24.8 Å². The molecule has 5 nitrogen and oxygen atoms in total. The summed E-state index contributed by atoms with van der Waals surface area (Å²) in [5, 5.41) is 3.66. The lowest BCUT2D eigenvalue weighted by molar-refractivity contribution is 0.206. The summed E-state index contributed by atoms with van der Waals surface area (Å²) in [4.78, 5) is 17.5. The Balaban J connectivity index is 1.58. The molecule has 1 atom stereocenters. The predicted octanol–water partition coefficient (Wildman–Crippen LogP) is 3.58. The third-order valence-corrected chi connectivity index (χ3v) is 5.00. The molecule has 0 amide bonds. The van der Waals surface area contributed by atoms with Gasteiger partial charge in [-0.3, -0.25) is 9.69 Å². The van der Waals surface area contributed by atoms with E-state index in [1.54, 1.807) is 12.3 Å². The molecule has 3 rings (SSSR count). The SMILES string of the molecule is COc1c[nH]c(CN2CCC[C@@H](Nc3ccc(C(C)C)cc3)C2)cc1=O. The first-order chi connectivity index (χ1) is 12.5. The minimum Gasteiger partial charge on any atom is -0.491 e. The topological polar surface area (TPSA) is 57.4 Å². The number of methoxy groups -OCH3 is 1. The van der Waals surface area contributed by atoms with Crippen molar-refractivity contribution in [3.63, 3.8) is 0 Å². The smallest absolute Gasteiger partial charge is 0.223 e. The number of rotatable bonds is 6. The molecular formula is C21H29N3O2. The van der Waals surface area contributed by atoms with Gasteiger partial charge in [-0.1, -0.05) is 26.0 Å². The van der Waals surface area contributed by atoms with E-state index in [0.29, 0.717) is 17.7 Å². The Bertz CT molecular complexity index is 768. The molecule has 0 saturated carbocycles. The second-order valence-corrected chi connectivity index (χ2v) is 7.39. The summed E-state index contributed by atoms with van der Waals surface area (Å²) in [5.41, 5.74) is 3.40. The van der Waals surface area contributed by atoms with E-state index in [1.807, 2.05) is 0 Å². The van der Waals surface area contributed by atoms with E-state index in [9.17, 15) is 4.79 Å². The Morgan fingerprint density at radius 3 is 2.73 bits per heavy atom. The zero-order valence-corrected chi connectivity index (χ0v) is 15.9. The van der Waals surface area contributed by atoms with Crippen molar-refractivity contribution in [2.24, 2.45) is 0 Å². The zero-order valence-electron chi connectivity index (χ0n) is 15.9. The molecule has 1 aromatic carbocycles. The van der Waals surface area contributed by atoms with Crippen LogP contribution in [0.2, 0.25) is 0 Å². The number of nitrogens with zero attached hydrogens (tertiary/aromatic N) is 1. The van der Waals surface area contributed by atoms with Crippen LogP contribution in [0.15, 0.2) is 41.3 Å². The molecule has 1 aliphatic rings. The molecule has 26 heavy (non-hydrogen) atoms. The number of H-pyrrole nitrogens is 1. The van der Waals surface area contributed by atoms with Crippen LogP contribution >= 0.6 is 0 Å². The molecule has 0 spiro atoms. The van der Waals surface area contributed by atoms with Crippen molar-refractivity contribution in [2.45, 2.75) is 45.2 Å². The third kappa shape index (κ3) is 4.67. The summed E-state index contributed by atoms with van der Waals surface area (Å²) in [6.45, 7) is 7.21. The molecular weight excluding hydrogens is 326 g/mol. The fourth-order valence-corrected chi connectivity index (χ4v) is 3.51. The number of hydrogen-bond acceptors (Lipinski definition) is 4. The van der Waals surface area contributed by atoms with Crippen molar-refractivity contribution >= 4 is 5.69 Å². The van der Waals surface area contributed by atoms with Crippen LogP contribution in [0.4, 0.5) is 5.69 Å². The van der Waals surface area contributed by atoms with Gasteiger partial charge in [-0.05, 0) is 43.0 Å². The first-order valence-corrected chi connectivity index (χ1v) is 9.39. The molecule has 2 aromatic rings. The normalized spacial score (nSPS) is 18.1. The standard InChI is InChI=1S/C21H29N3O2/c1-15(2)16-6-8-17(9-7-16)23-18-5-4-10-24(13-18)14-19-11-20(25)21(26-3)12-22-19/h6-9,11-12,15,18,23H,4-5,10,13-14H2,1-3H3,(H,22,25)/t18-/m1/s1. The lowest BCUT2D eigenvalue weighted by atomic mass is 10.0. The first kappa shape index (κ1) is 18.5. The van der Waals surface area contributed by atoms with Gasteiger partial charge in [0.15, 0.2) is 5.75 Å². The molecule has 1 fully saturated rings. The summed E-state index contributed by atoms with van der Waals surface area (Å²) in [5.74, 6) is 0.914. The third-order valence-electron chi connectivity index (χ3n) is 5.00. The minimum absolute atomic E-state index is 0.0711. The summed E-state index contributed by atoms with van der Waals surface area (Å²) in [6, 6.07) is 10.8. The largest absolute Gasteiger partial charge is 0.491 e. The van der Waals surface area contributed by atoms with Crippen LogP contribution in [0.25, 0.3) is 0 Å². The van der Waals surface area contributed by atoms with Gasteiger partial charge in [-0.15, -0.1) is 0 Å². The second-order valence-electron chi connectivity index (χ2n) is 7.39. The van der Waals surface area contributed by atoms with Crippen molar-refractivity contribution in [1.82, 2.24) is 9.88 Å². The molecule has 2 N–H and O–H groups in total. The molecule has 0 radical (unpaired) electrons. The van der Waals surface area contributed by atoms with Crippen LogP contribution in [0.5, 0.6) is 5.75 Å². The second kappa shape index (κ2) is 8.41. The van der Waals surface area contributed by atoms with Crippen molar-refractivity contribution in [3.8, 4) is 5.75 Å². The van der Waals surface area contributed by atoms with E-state index in [2.05, 4.69) is 53.3 Å². The van der Waals surface area contributed by atoms with Crippen LogP contribution in [-0.2, 0) is 6.54 Å². The highest BCUT2D eigenvalue weighted by Crippen LogP contribution is 2.20. The number of ether oxygens (including phenoxy) is 1. The Labute approximate surface area is 155 Å². The average Bonchev–Trinajstić information content (AvgIpc) is 2.63. The minimum atomic E-state index is -0.0711.